The third-order valence-corrected chi connectivity index (χ3v) is 3.57. The highest BCUT2D eigenvalue weighted by molar-refractivity contribution is 4.85. The molecule has 0 aromatic heterocycles. The van der Waals surface area contributed by atoms with Gasteiger partial charge in [0.25, 0.3) is 0 Å². The summed E-state index contributed by atoms with van der Waals surface area (Å²) in [5.74, 6) is 0. The Labute approximate surface area is 112 Å². The van der Waals surface area contributed by atoms with Crippen molar-refractivity contribution in [1.29, 1.82) is 0 Å². The monoisotopic (exact) mass is 258 g/mol. The average Bonchev–Trinajstić information content (AvgIpc) is 2.78. The molecule has 4 nitrogen and oxygen atoms in total. The van der Waals surface area contributed by atoms with Crippen molar-refractivity contribution in [3.05, 3.63) is 0 Å². The first-order valence-corrected chi connectivity index (χ1v) is 7.14. The topological polar surface area (TPSA) is 44.7 Å². The van der Waals surface area contributed by atoms with Crippen LogP contribution in [-0.4, -0.2) is 61.0 Å². The second-order valence-corrected chi connectivity index (χ2v) is 6.17. The Morgan fingerprint density at radius 1 is 1.50 bits per heavy atom. The summed E-state index contributed by atoms with van der Waals surface area (Å²) >= 11 is 0. The van der Waals surface area contributed by atoms with Gasteiger partial charge < -0.3 is 20.1 Å². The van der Waals surface area contributed by atoms with Crippen LogP contribution < -0.4 is 5.32 Å². The van der Waals surface area contributed by atoms with E-state index < -0.39 is 0 Å². The molecule has 0 aromatic carbocycles. The van der Waals surface area contributed by atoms with E-state index >= 15 is 0 Å². The average molecular weight is 258 g/mol. The molecule has 0 aliphatic carbocycles. The van der Waals surface area contributed by atoms with E-state index in [2.05, 4.69) is 38.0 Å². The van der Waals surface area contributed by atoms with Crippen molar-refractivity contribution < 1.29 is 9.84 Å². The van der Waals surface area contributed by atoms with Crippen molar-refractivity contribution >= 4 is 0 Å². The molecule has 1 aliphatic rings. The molecule has 0 bridgehead atoms. The van der Waals surface area contributed by atoms with E-state index in [1.807, 2.05) is 0 Å². The predicted molar refractivity (Wildman–Crippen MR) is 74.9 cm³/mol. The van der Waals surface area contributed by atoms with Crippen LogP contribution in [0.25, 0.3) is 0 Å². The molecule has 0 aromatic rings. The van der Waals surface area contributed by atoms with Crippen LogP contribution in [0.3, 0.4) is 0 Å². The van der Waals surface area contributed by atoms with E-state index in [1.54, 1.807) is 0 Å². The Hall–Kier alpha value is -0.160. The first-order valence-electron chi connectivity index (χ1n) is 7.14. The molecule has 0 radical (unpaired) electrons. The molecule has 1 fully saturated rings. The number of hydrogen-bond acceptors (Lipinski definition) is 4. The molecule has 0 spiro atoms. The maximum absolute atomic E-state index is 9.53. The van der Waals surface area contributed by atoms with Gasteiger partial charge >= 0.3 is 0 Å². The van der Waals surface area contributed by atoms with Crippen molar-refractivity contribution in [2.45, 2.75) is 57.7 Å². The largest absolute Gasteiger partial charge is 0.394 e. The fourth-order valence-electron chi connectivity index (χ4n) is 2.56. The first kappa shape index (κ1) is 15.9. The number of hydrogen-bond donors (Lipinski definition) is 2. The summed E-state index contributed by atoms with van der Waals surface area (Å²) in [7, 11) is 2.13. The number of rotatable bonds is 8. The molecule has 1 aliphatic heterocycles. The van der Waals surface area contributed by atoms with Gasteiger partial charge in [0, 0.05) is 24.7 Å². The summed E-state index contributed by atoms with van der Waals surface area (Å²) < 4.78 is 5.64. The summed E-state index contributed by atoms with van der Waals surface area (Å²) in [4.78, 5) is 2.31. The quantitative estimate of drug-likeness (QED) is 0.687. The highest BCUT2D eigenvalue weighted by Gasteiger charge is 2.25. The van der Waals surface area contributed by atoms with Gasteiger partial charge in [-0.2, -0.15) is 0 Å². The summed E-state index contributed by atoms with van der Waals surface area (Å²) in [5.41, 5.74) is -0.182. The fourth-order valence-corrected chi connectivity index (χ4v) is 2.56. The molecule has 1 saturated heterocycles. The van der Waals surface area contributed by atoms with E-state index in [0.717, 1.165) is 26.1 Å². The molecule has 2 atom stereocenters. The van der Waals surface area contributed by atoms with Crippen molar-refractivity contribution in [3.8, 4) is 0 Å². The molecule has 1 rings (SSSR count). The van der Waals surface area contributed by atoms with Crippen LogP contribution in [0.2, 0.25) is 0 Å². The minimum atomic E-state index is -0.182. The Morgan fingerprint density at radius 2 is 2.22 bits per heavy atom. The SMILES string of the molecule is CC(C)NC(C)(CO)CCN(C)CC1CCCO1. The van der Waals surface area contributed by atoms with Crippen molar-refractivity contribution in [2.24, 2.45) is 0 Å². The molecule has 4 heteroatoms. The number of nitrogens with zero attached hydrogens (tertiary/aromatic N) is 1. The van der Waals surface area contributed by atoms with Crippen LogP contribution in [0.4, 0.5) is 0 Å². The van der Waals surface area contributed by atoms with Gasteiger partial charge in [0.1, 0.15) is 0 Å². The first-order chi connectivity index (χ1) is 8.45. The van der Waals surface area contributed by atoms with Gasteiger partial charge in [-0.15, -0.1) is 0 Å². The van der Waals surface area contributed by atoms with Crippen molar-refractivity contribution in [3.63, 3.8) is 0 Å². The van der Waals surface area contributed by atoms with Crippen LogP contribution in [-0.2, 0) is 4.74 Å². The van der Waals surface area contributed by atoms with E-state index in [1.165, 1.54) is 12.8 Å². The second kappa shape index (κ2) is 7.43. The van der Waals surface area contributed by atoms with Gasteiger partial charge in [-0.25, -0.2) is 0 Å². The lowest BCUT2D eigenvalue weighted by atomic mass is 9.97. The Balaban J connectivity index is 2.27. The van der Waals surface area contributed by atoms with Crippen LogP contribution in [0.5, 0.6) is 0 Å². The third kappa shape index (κ3) is 5.65. The number of aliphatic hydroxyl groups excluding tert-OH is 1. The molecule has 0 saturated carbocycles. The highest BCUT2D eigenvalue weighted by Crippen LogP contribution is 2.15. The van der Waals surface area contributed by atoms with E-state index in [0.29, 0.717) is 12.1 Å². The molecule has 2 unspecified atom stereocenters. The Kier molecular flexibility index (Phi) is 6.57. The van der Waals surface area contributed by atoms with Gasteiger partial charge in [0.2, 0.25) is 0 Å². The zero-order valence-electron chi connectivity index (χ0n) is 12.4. The standard InChI is InChI=1S/C14H30N2O2/c1-12(2)15-14(3,11-17)7-8-16(4)10-13-6-5-9-18-13/h12-13,15,17H,5-11H2,1-4H3. The van der Waals surface area contributed by atoms with E-state index in [-0.39, 0.29) is 12.1 Å². The van der Waals surface area contributed by atoms with Gasteiger partial charge in [-0.05, 0) is 39.8 Å². The number of ether oxygens (including phenoxy) is 1. The molecule has 2 N–H and O–H groups in total. The molecule has 18 heavy (non-hydrogen) atoms. The van der Waals surface area contributed by atoms with Crippen molar-refractivity contribution in [2.75, 3.05) is 33.4 Å². The highest BCUT2D eigenvalue weighted by atomic mass is 16.5. The van der Waals surface area contributed by atoms with Crippen LogP contribution in [0, 0.1) is 0 Å². The fraction of sp³-hybridized carbons (Fsp3) is 1.00. The zero-order chi connectivity index (χ0) is 13.6. The molecule has 0 amide bonds. The Morgan fingerprint density at radius 3 is 2.72 bits per heavy atom. The van der Waals surface area contributed by atoms with Crippen LogP contribution in [0.15, 0.2) is 0 Å². The molecular formula is C14H30N2O2. The second-order valence-electron chi connectivity index (χ2n) is 6.17. The van der Waals surface area contributed by atoms with Crippen molar-refractivity contribution in [1.82, 2.24) is 10.2 Å². The van der Waals surface area contributed by atoms with Gasteiger partial charge in [-0.1, -0.05) is 13.8 Å². The lowest BCUT2D eigenvalue weighted by Crippen LogP contribution is -2.51. The summed E-state index contributed by atoms with van der Waals surface area (Å²) in [6.07, 6.45) is 3.74. The lowest BCUT2D eigenvalue weighted by molar-refractivity contribution is 0.0745. The summed E-state index contributed by atoms with van der Waals surface area (Å²) in [6, 6.07) is 0.394. The normalized spacial score (nSPS) is 23.8. The lowest BCUT2D eigenvalue weighted by Gasteiger charge is -2.33. The number of likely N-dealkylation sites (N-methyl/N-ethyl adjacent to an activating group) is 1. The molecular weight excluding hydrogens is 228 g/mol. The minimum absolute atomic E-state index is 0.180. The van der Waals surface area contributed by atoms with Crippen LogP contribution >= 0.6 is 0 Å². The third-order valence-electron chi connectivity index (χ3n) is 3.57. The number of nitrogens with one attached hydrogen (secondary N) is 1. The smallest absolute Gasteiger partial charge is 0.0702 e. The van der Waals surface area contributed by atoms with Gasteiger partial charge in [0.05, 0.1) is 12.7 Å². The molecule has 108 valence electrons. The van der Waals surface area contributed by atoms with E-state index in [4.69, 9.17) is 4.74 Å². The number of aliphatic hydroxyl groups is 1. The Bertz CT molecular complexity index is 230. The summed E-state index contributed by atoms with van der Waals surface area (Å²) in [5, 5.41) is 13.0. The predicted octanol–water partition coefficient (Wildman–Crippen LogP) is 1.24. The maximum Gasteiger partial charge on any atom is 0.0702 e. The van der Waals surface area contributed by atoms with Gasteiger partial charge in [0.15, 0.2) is 0 Å². The minimum Gasteiger partial charge on any atom is -0.394 e. The maximum atomic E-state index is 9.53. The van der Waals surface area contributed by atoms with E-state index in [9.17, 15) is 5.11 Å². The molecule has 1 heterocycles. The zero-order valence-corrected chi connectivity index (χ0v) is 12.4. The van der Waals surface area contributed by atoms with Gasteiger partial charge in [-0.3, -0.25) is 0 Å². The van der Waals surface area contributed by atoms with Crippen LogP contribution in [0.1, 0.15) is 40.0 Å². The summed E-state index contributed by atoms with van der Waals surface area (Å²) in [6.45, 7) is 9.40.